The predicted octanol–water partition coefficient (Wildman–Crippen LogP) is 11.3. The second-order valence-electron chi connectivity index (χ2n) is 9.75. The first-order valence-electron chi connectivity index (χ1n) is 18.0. The average Bonchev–Trinajstić information content (AvgIpc) is 3.14. The molecule has 0 aliphatic rings. The summed E-state index contributed by atoms with van der Waals surface area (Å²) in [5, 5.41) is 6.80. The van der Waals surface area contributed by atoms with Gasteiger partial charge in [0, 0.05) is 0 Å². The maximum absolute atomic E-state index is 8.85. The SMILES string of the molecule is [2H]c1c([2H])c([2H])c(-c2ccc3cc(-c4c5ccccc5c(-c5c([2H])c([2H])c([2H])c([2H])c5[2H])c5ccccc45)c4ccccc4c3c2)c([2H])c1[2H]. The van der Waals surface area contributed by atoms with E-state index in [1.54, 1.807) is 6.07 Å². The van der Waals surface area contributed by atoms with Crippen LogP contribution >= 0.6 is 0 Å². The zero-order valence-corrected chi connectivity index (χ0v) is 21.2. The molecule has 0 atom stereocenters. The van der Waals surface area contributed by atoms with E-state index in [0.717, 1.165) is 54.2 Å². The first kappa shape index (κ1) is 14.8. The van der Waals surface area contributed by atoms with Gasteiger partial charge >= 0.3 is 0 Å². The van der Waals surface area contributed by atoms with Crippen molar-refractivity contribution in [2.75, 3.05) is 0 Å². The lowest BCUT2D eigenvalue weighted by Gasteiger charge is -2.19. The van der Waals surface area contributed by atoms with Crippen LogP contribution in [0.5, 0.6) is 0 Å². The zero-order valence-electron chi connectivity index (χ0n) is 31.2. The number of hydrogen-bond acceptors (Lipinski definition) is 0. The Balaban J connectivity index is 1.48. The summed E-state index contributed by atoms with van der Waals surface area (Å²) < 4.78 is 84.3. The zero-order chi connectivity index (χ0) is 35.2. The molecule has 0 aliphatic heterocycles. The van der Waals surface area contributed by atoms with Crippen LogP contribution in [0.2, 0.25) is 0 Å². The molecule has 0 saturated carbocycles. The minimum absolute atomic E-state index is 0.145. The Labute approximate surface area is 247 Å². The van der Waals surface area contributed by atoms with Gasteiger partial charge < -0.3 is 0 Å². The summed E-state index contributed by atoms with van der Waals surface area (Å²) >= 11 is 0. The van der Waals surface area contributed by atoms with Gasteiger partial charge in [0.15, 0.2) is 0 Å². The van der Waals surface area contributed by atoms with Crippen LogP contribution in [-0.4, -0.2) is 0 Å². The molecule has 0 nitrogen and oxygen atoms in total. The molecule has 8 rings (SSSR count). The summed E-state index contributed by atoms with van der Waals surface area (Å²) in [4.78, 5) is 0. The minimum Gasteiger partial charge on any atom is -0.0622 e. The Morgan fingerprint density at radius 1 is 0.350 bits per heavy atom. The van der Waals surface area contributed by atoms with Crippen molar-refractivity contribution in [3.8, 4) is 33.4 Å². The Morgan fingerprint density at radius 2 is 0.850 bits per heavy atom. The van der Waals surface area contributed by atoms with Crippen molar-refractivity contribution < 1.29 is 13.7 Å². The lowest BCUT2D eigenvalue weighted by molar-refractivity contribution is 1.65. The summed E-state index contributed by atoms with van der Waals surface area (Å²) in [5.74, 6) is 0. The second kappa shape index (κ2) is 9.22. The average molecular weight is 517 g/mol. The van der Waals surface area contributed by atoms with Crippen LogP contribution in [0.4, 0.5) is 0 Å². The van der Waals surface area contributed by atoms with E-state index in [1.807, 2.05) is 84.9 Å². The van der Waals surface area contributed by atoms with Crippen molar-refractivity contribution in [3.63, 3.8) is 0 Å². The predicted molar refractivity (Wildman–Crippen MR) is 173 cm³/mol. The standard InChI is InChI=1S/C40H26/c1-3-13-27(14-4-1)29-23-24-30-26-38(32-18-8-7-17-31(32)37(30)25-29)40-35-21-11-9-19-33(35)39(28-15-5-2-6-16-28)34-20-10-12-22-36(34)40/h1-26H/i1D,2D,3D,4D,5D,6D,13D,14D,15D,16D. The van der Waals surface area contributed by atoms with E-state index in [0.29, 0.717) is 11.1 Å². The smallest absolute Gasteiger partial charge is 0.0622 e. The highest BCUT2D eigenvalue weighted by Gasteiger charge is 2.18. The fraction of sp³-hybridized carbons (Fsp3) is 0. The molecule has 0 aliphatic carbocycles. The summed E-state index contributed by atoms with van der Waals surface area (Å²) in [5.41, 5.74) is 3.25. The second-order valence-corrected chi connectivity index (χ2v) is 9.75. The van der Waals surface area contributed by atoms with Crippen molar-refractivity contribution in [3.05, 3.63) is 157 Å². The first-order valence-corrected chi connectivity index (χ1v) is 13.0. The Morgan fingerprint density at radius 3 is 1.45 bits per heavy atom. The molecule has 0 heterocycles. The fourth-order valence-corrected chi connectivity index (χ4v) is 5.92. The van der Waals surface area contributed by atoms with Crippen molar-refractivity contribution in [1.29, 1.82) is 0 Å². The molecular formula is C40H26. The van der Waals surface area contributed by atoms with Gasteiger partial charge in [-0.15, -0.1) is 0 Å². The first-order chi connectivity index (χ1) is 24.0. The molecular weight excluding hydrogens is 480 g/mol. The third-order valence-electron chi connectivity index (χ3n) is 7.60. The minimum atomic E-state index is -0.439. The van der Waals surface area contributed by atoms with E-state index in [4.69, 9.17) is 13.7 Å². The van der Waals surface area contributed by atoms with E-state index in [-0.39, 0.29) is 59.5 Å². The van der Waals surface area contributed by atoms with Crippen LogP contribution < -0.4 is 0 Å². The molecule has 0 spiro atoms. The van der Waals surface area contributed by atoms with E-state index in [1.165, 1.54) is 0 Å². The van der Waals surface area contributed by atoms with Gasteiger partial charge in [-0.3, -0.25) is 0 Å². The summed E-state index contributed by atoms with van der Waals surface area (Å²) in [6, 6.07) is 27.7. The van der Waals surface area contributed by atoms with Gasteiger partial charge in [0.25, 0.3) is 0 Å². The molecule has 0 bridgehead atoms. The van der Waals surface area contributed by atoms with Crippen LogP contribution in [0.25, 0.3) is 76.5 Å². The number of rotatable bonds is 3. The lowest BCUT2D eigenvalue weighted by atomic mass is 9.83. The lowest BCUT2D eigenvalue weighted by Crippen LogP contribution is -1.92. The molecule has 0 unspecified atom stereocenters. The molecule has 0 amide bonds. The molecule has 186 valence electrons. The Hall–Kier alpha value is -5.20. The summed E-state index contributed by atoms with van der Waals surface area (Å²) in [6.45, 7) is 0. The highest BCUT2D eigenvalue weighted by atomic mass is 14.2. The van der Waals surface area contributed by atoms with Crippen molar-refractivity contribution >= 4 is 43.1 Å². The van der Waals surface area contributed by atoms with E-state index in [9.17, 15) is 0 Å². The molecule has 8 aromatic rings. The molecule has 0 fully saturated rings. The van der Waals surface area contributed by atoms with Crippen LogP contribution in [0.1, 0.15) is 13.7 Å². The Bertz CT molecular complexity index is 2650. The summed E-state index contributed by atoms with van der Waals surface area (Å²) in [6.07, 6.45) is 0. The van der Waals surface area contributed by atoms with Crippen LogP contribution in [0.15, 0.2) is 157 Å². The number of fused-ring (bicyclic) bond motifs is 5. The van der Waals surface area contributed by atoms with E-state index < -0.39 is 12.1 Å². The number of hydrogen-bond donors (Lipinski definition) is 0. The Kier molecular flexibility index (Phi) is 3.42. The van der Waals surface area contributed by atoms with Gasteiger partial charge in [0.05, 0.1) is 13.7 Å². The van der Waals surface area contributed by atoms with Gasteiger partial charge in [0.2, 0.25) is 0 Å². The fourth-order valence-electron chi connectivity index (χ4n) is 5.92. The van der Waals surface area contributed by atoms with E-state index >= 15 is 0 Å². The van der Waals surface area contributed by atoms with Gasteiger partial charge in [0.1, 0.15) is 0 Å². The normalized spacial score (nSPS) is 15.0. The maximum atomic E-state index is 8.85. The van der Waals surface area contributed by atoms with Crippen molar-refractivity contribution in [1.82, 2.24) is 0 Å². The highest BCUT2D eigenvalue weighted by Crippen LogP contribution is 2.46. The topological polar surface area (TPSA) is 0 Å². The van der Waals surface area contributed by atoms with Gasteiger partial charge in [-0.2, -0.15) is 0 Å². The molecule has 40 heavy (non-hydrogen) atoms. The molecule has 8 aromatic carbocycles. The quantitative estimate of drug-likeness (QED) is 0.162. The highest BCUT2D eigenvalue weighted by molar-refractivity contribution is 6.25. The largest absolute Gasteiger partial charge is 0.0629 e. The van der Waals surface area contributed by atoms with Crippen molar-refractivity contribution in [2.45, 2.75) is 0 Å². The maximum Gasteiger partial charge on any atom is 0.0629 e. The molecule has 0 aromatic heterocycles. The molecule has 0 saturated heterocycles. The van der Waals surface area contributed by atoms with Gasteiger partial charge in [-0.25, -0.2) is 0 Å². The third-order valence-corrected chi connectivity index (χ3v) is 7.60. The van der Waals surface area contributed by atoms with Gasteiger partial charge in [-0.05, 0) is 88.6 Å². The van der Waals surface area contributed by atoms with Crippen LogP contribution in [-0.2, 0) is 0 Å². The van der Waals surface area contributed by atoms with E-state index in [2.05, 4.69) is 6.07 Å². The number of benzene rings is 8. The third kappa shape index (κ3) is 3.54. The van der Waals surface area contributed by atoms with Crippen LogP contribution in [0.3, 0.4) is 0 Å². The monoisotopic (exact) mass is 516 g/mol. The van der Waals surface area contributed by atoms with Crippen molar-refractivity contribution in [2.24, 2.45) is 0 Å². The molecule has 0 heteroatoms. The molecule has 0 radical (unpaired) electrons. The molecule has 0 N–H and O–H groups in total. The summed E-state index contributed by atoms with van der Waals surface area (Å²) in [7, 11) is 0. The van der Waals surface area contributed by atoms with Gasteiger partial charge in [-0.1, -0.05) is 145 Å². The van der Waals surface area contributed by atoms with Crippen LogP contribution in [0, 0.1) is 0 Å².